The summed E-state index contributed by atoms with van der Waals surface area (Å²) in [5.74, 6) is 0.614. The molecular formula is C19H23N5O5S. The van der Waals surface area contributed by atoms with E-state index in [2.05, 4.69) is 14.8 Å². The van der Waals surface area contributed by atoms with Crippen molar-refractivity contribution in [2.24, 2.45) is 4.40 Å². The van der Waals surface area contributed by atoms with Gasteiger partial charge in [0.15, 0.2) is 17.3 Å². The molecular weight excluding hydrogens is 410 g/mol. The molecule has 1 aromatic heterocycles. The van der Waals surface area contributed by atoms with Crippen LogP contribution in [0.25, 0.3) is 0 Å². The van der Waals surface area contributed by atoms with E-state index in [-0.39, 0.29) is 11.4 Å². The summed E-state index contributed by atoms with van der Waals surface area (Å²) in [4.78, 5) is 12.8. The summed E-state index contributed by atoms with van der Waals surface area (Å²) in [6.07, 6.45) is 4.04. The molecule has 2 heterocycles. The number of amides is 1. The van der Waals surface area contributed by atoms with Gasteiger partial charge in [0.2, 0.25) is 0 Å². The van der Waals surface area contributed by atoms with Crippen molar-refractivity contribution in [2.75, 3.05) is 26.6 Å². The van der Waals surface area contributed by atoms with Gasteiger partial charge in [-0.2, -0.15) is 13.5 Å². The normalized spacial score (nSPS) is 15.3. The summed E-state index contributed by atoms with van der Waals surface area (Å²) in [6.45, 7) is 2.73. The van der Waals surface area contributed by atoms with Gasteiger partial charge in [-0.15, -0.1) is 4.40 Å². The second kappa shape index (κ2) is 8.57. The Hall–Kier alpha value is -3.34. The van der Waals surface area contributed by atoms with E-state index in [1.165, 1.54) is 27.3 Å². The lowest BCUT2D eigenvalue weighted by atomic mass is 10.1. The third kappa shape index (κ3) is 4.30. The molecule has 11 heteroatoms. The minimum atomic E-state index is -4.09. The zero-order valence-corrected chi connectivity index (χ0v) is 17.9. The van der Waals surface area contributed by atoms with Crippen LogP contribution in [0, 0.1) is 0 Å². The molecule has 0 atom stereocenters. The number of rotatable bonds is 7. The Bertz CT molecular complexity index is 1120. The van der Waals surface area contributed by atoms with Crippen LogP contribution in [0.2, 0.25) is 0 Å². The second-order valence-corrected chi connectivity index (χ2v) is 8.07. The smallest absolute Gasteiger partial charge is 0.345 e. The number of nitrogens with one attached hydrogen (secondary N) is 1. The quantitative estimate of drug-likeness (QED) is 0.712. The molecule has 1 aromatic carbocycles. The molecule has 0 fully saturated rings. The first-order valence-electron chi connectivity index (χ1n) is 9.16. The summed E-state index contributed by atoms with van der Waals surface area (Å²) < 4.78 is 41.9. The maximum Gasteiger partial charge on any atom is 0.345 e. The number of allylic oxidation sites excluding steroid dienone is 1. The number of methoxy groups -OCH3 is 2. The molecule has 0 saturated carbocycles. The van der Waals surface area contributed by atoms with Gasteiger partial charge in [0.05, 0.1) is 19.9 Å². The Kier molecular flexibility index (Phi) is 6.11. The monoisotopic (exact) mass is 433 g/mol. The number of likely N-dealkylation sites (N-methyl/N-ethyl adjacent to an activating group) is 1. The average Bonchev–Trinajstić information content (AvgIpc) is 3.16. The Morgan fingerprint density at radius 1 is 1.17 bits per heavy atom. The van der Waals surface area contributed by atoms with E-state index < -0.39 is 16.1 Å². The van der Waals surface area contributed by atoms with Gasteiger partial charge in [0, 0.05) is 31.4 Å². The fourth-order valence-electron chi connectivity index (χ4n) is 2.86. The van der Waals surface area contributed by atoms with Crippen molar-refractivity contribution in [1.82, 2.24) is 14.1 Å². The van der Waals surface area contributed by atoms with E-state index in [1.807, 2.05) is 6.92 Å². The predicted octanol–water partition coefficient (Wildman–Crippen LogP) is 1.81. The van der Waals surface area contributed by atoms with Crippen molar-refractivity contribution in [3.8, 4) is 11.5 Å². The number of nitrogens with zero attached hydrogens (tertiary/aromatic N) is 4. The minimum Gasteiger partial charge on any atom is -0.493 e. The Morgan fingerprint density at radius 2 is 1.90 bits per heavy atom. The van der Waals surface area contributed by atoms with Gasteiger partial charge < -0.3 is 14.8 Å². The summed E-state index contributed by atoms with van der Waals surface area (Å²) in [7, 11) is 0.152. The summed E-state index contributed by atoms with van der Waals surface area (Å²) in [5.41, 5.74) is 0.484. The molecule has 2 aromatic rings. The van der Waals surface area contributed by atoms with Gasteiger partial charge >= 0.3 is 10.2 Å². The largest absolute Gasteiger partial charge is 0.493 e. The first-order chi connectivity index (χ1) is 14.3. The molecule has 10 nitrogen and oxygen atoms in total. The molecule has 1 aliphatic heterocycles. The standard InChI is InChI=1S/C19H23N5O5S/c1-5-9-24-10-8-18(21-24)20-19(25)15-12-14(22-30(26,27)23(15)2)13-6-7-16(28-3)17(11-13)29-4/h6-8,10-12H,5,9H2,1-4H3,(H,20,21,25). The number of hydrogen-bond acceptors (Lipinski definition) is 6. The number of anilines is 1. The van der Waals surface area contributed by atoms with E-state index >= 15 is 0 Å². The van der Waals surface area contributed by atoms with Gasteiger partial charge in [0.25, 0.3) is 5.91 Å². The molecule has 0 bridgehead atoms. The molecule has 0 saturated heterocycles. The number of benzene rings is 1. The van der Waals surface area contributed by atoms with Gasteiger partial charge in [0.1, 0.15) is 5.70 Å². The highest BCUT2D eigenvalue weighted by Gasteiger charge is 2.30. The van der Waals surface area contributed by atoms with Crippen LogP contribution in [0.15, 0.2) is 46.6 Å². The third-order valence-electron chi connectivity index (χ3n) is 4.42. The number of hydrogen-bond donors (Lipinski definition) is 1. The van der Waals surface area contributed by atoms with Gasteiger partial charge in [-0.1, -0.05) is 6.92 Å². The average molecular weight is 433 g/mol. The van der Waals surface area contributed by atoms with Crippen LogP contribution in [-0.4, -0.2) is 55.4 Å². The maximum absolute atomic E-state index is 12.8. The molecule has 1 aliphatic rings. The van der Waals surface area contributed by atoms with E-state index in [4.69, 9.17) is 9.47 Å². The van der Waals surface area contributed by atoms with Crippen molar-refractivity contribution < 1.29 is 22.7 Å². The second-order valence-electron chi connectivity index (χ2n) is 6.44. The Morgan fingerprint density at radius 3 is 2.57 bits per heavy atom. The van der Waals surface area contributed by atoms with Gasteiger partial charge in [-0.25, -0.2) is 4.31 Å². The summed E-state index contributed by atoms with van der Waals surface area (Å²) in [6, 6.07) is 6.51. The van der Waals surface area contributed by atoms with Crippen molar-refractivity contribution in [3.05, 3.63) is 47.8 Å². The SMILES string of the molecule is CCCn1ccc(NC(=O)C2=CC(c3ccc(OC)c(OC)c3)=NS(=O)(=O)N2C)n1. The van der Waals surface area contributed by atoms with Crippen LogP contribution < -0.4 is 14.8 Å². The highest BCUT2D eigenvalue weighted by molar-refractivity contribution is 7.88. The molecule has 160 valence electrons. The fraction of sp³-hybridized carbons (Fsp3) is 0.316. The van der Waals surface area contributed by atoms with Gasteiger partial charge in [-0.3, -0.25) is 9.48 Å². The molecule has 1 amide bonds. The van der Waals surface area contributed by atoms with Crippen molar-refractivity contribution in [2.45, 2.75) is 19.9 Å². The number of ether oxygens (including phenoxy) is 2. The molecule has 0 spiro atoms. The molecule has 30 heavy (non-hydrogen) atoms. The highest BCUT2D eigenvalue weighted by atomic mass is 32.2. The zero-order valence-electron chi connectivity index (χ0n) is 17.1. The first kappa shape index (κ1) is 21.4. The van der Waals surface area contributed by atoms with E-state index in [0.717, 1.165) is 10.7 Å². The lowest BCUT2D eigenvalue weighted by molar-refractivity contribution is -0.113. The Labute approximate surface area is 175 Å². The molecule has 1 N–H and O–H groups in total. The van der Waals surface area contributed by atoms with Crippen LogP contribution in [0.3, 0.4) is 0 Å². The molecule has 0 radical (unpaired) electrons. The van der Waals surface area contributed by atoms with Crippen LogP contribution in [0.5, 0.6) is 11.5 Å². The zero-order chi connectivity index (χ0) is 21.9. The fourth-order valence-corrected chi connectivity index (χ4v) is 3.77. The number of carbonyl (C=O) groups is 1. The first-order valence-corrected chi connectivity index (χ1v) is 10.6. The molecule has 0 aliphatic carbocycles. The van der Waals surface area contributed by atoms with Crippen LogP contribution in [-0.2, 0) is 21.5 Å². The summed E-state index contributed by atoms with van der Waals surface area (Å²) >= 11 is 0. The maximum atomic E-state index is 12.8. The summed E-state index contributed by atoms with van der Waals surface area (Å²) in [5, 5.41) is 6.87. The van der Waals surface area contributed by atoms with Crippen molar-refractivity contribution in [1.29, 1.82) is 0 Å². The van der Waals surface area contributed by atoms with Crippen molar-refractivity contribution >= 4 is 27.6 Å². The lowest BCUT2D eigenvalue weighted by Crippen LogP contribution is -2.35. The van der Waals surface area contributed by atoms with Crippen molar-refractivity contribution in [3.63, 3.8) is 0 Å². The molecule has 0 unspecified atom stereocenters. The van der Waals surface area contributed by atoms with Crippen LogP contribution >= 0.6 is 0 Å². The number of aryl methyl sites for hydroxylation is 1. The number of aromatic nitrogens is 2. The highest BCUT2D eigenvalue weighted by Crippen LogP contribution is 2.29. The predicted molar refractivity (Wildman–Crippen MR) is 112 cm³/mol. The number of carbonyl (C=O) groups excluding carboxylic acids is 1. The molecule has 3 rings (SSSR count). The van der Waals surface area contributed by atoms with Gasteiger partial charge in [-0.05, 0) is 30.7 Å². The lowest BCUT2D eigenvalue weighted by Gasteiger charge is -2.23. The topological polar surface area (TPSA) is 115 Å². The third-order valence-corrected chi connectivity index (χ3v) is 5.74. The van der Waals surface area contributed by atoms with Crippen LogP contribution in [0.4, 0.5) is 5.82 Å². The van der Waals surface area contributed by atoms with E-state index in [9.17, 15) is 13.2 Å². The minimum absolute atomic E-state index is 0.0835. The van der Waals surface area contributed by atoms with Crippen LogP contribution in [0.1, 0.15) is 18.9 Å². The Balaban J connectivity index is 1.94. The van der Waals surface area contributed by atoms with E-state index in [0.29, 0.717) is 29.4 Å². The van der Waals surface area contributed by atoms with E-state index in [1.54, 1.807) is 35.1 Å².